The van der Waals surface area contributed by atoms with Gasteiger partial charge in [-0.1, -0.05) is 11.6 Å². The van der Waals surface area contributed by atoms with Gasteiger partial charge < -0.3 is 0 Å². The molecule has 0 aromatic carbocycles. The second-order valence-electron chi connectivity index (χ2n) is 2.43. The fourth-order valence-corrected chi connectivity index (χ4v) is 1.27. The van der Waals surface area contributed by atoms with Gasteiger partial charge in [-0.15, -0.1) is 0 Å². The van der Waals surface area contributed by atoms with Crippen molar-refractivity contribution in [1.29, 1.82) is 0 Å². The van der Waals surface area contributed by atoms with Crippen molar-refractivity contribution in [2.75, 3.05) is 5.75 Å². The van der Waals surface area contributed by atoms with Gasteiger partial charge in [-0.25, -0.2) is 23.5 Å². The van der Waals surface area contributed by atoms with Gasteiger partial charge in [0, 0.05) is 18.8 Å². The Bertz CT molecular complexity index is 375. The summed E-state index contributed by atoms with van der Waals surface area (Å²) in [5.74, 6) is 0.257. The van der Waals surface area contributed by atoms with Crippen LogP contribution in [0.5, 0.6) is 0 Å². The van der Waals surface area contributed by atoms with Crippen molar-refractivity contribution < 1.29 is 8.42 Å². The summed E-state index contributed by atoms with van der Waals surface area (Å²) in [5.41, 5.74) is 0. The van der Waals surface area contributed by atoms with Crippen molar-refractivity contribution in [3.05, 3.63) is 23.2 Å². The maximum Gasteiger partial charge on any atom is 0.209 e. The molecule has 1 heterocycles. The zero-order chi connectivity index (χ0) is 9.90. The molecule has 72 valence electrons. The van der Waals surface area contributed by atoms with E-state index in [2.05, 4.69) is 9.97 Å². The maximum atomic E-state index is 10.6. The molecule has 1 aromatic rings. The molecule has 0 saturated carbocycles. The number of rotatable bonds is 3. The first-order chi connectivity index (χ1) is 5.97. The Morgan fingerprint density at radius 2 is 1.92 bits per heavy atom. The molecule has 1 rings (SSSR count). The molecule has 13 heavy (non-hydrogen) atoms. The number of aromatic nitrogens is 2. The summed E-state index contributed by atoms with van der Waals surface area (Å²) in [6.45, 7) is 0. The fourth-order valence-electron chi connectivity index (χ4n) is 0.702. The van der Waals surface area contributed by atoms with Gasteiger partial charge in [0.1, 0.15) is 5.82 Å². The van der Waals surface area contributed by atoms with Gasteiger partial charge in [-0.2, -0.15) is 0 Å². The predicted octanol–water partition coefficient (Wildman–Crippen LogP) is -0.0390. The Labute approximate surface area is 81.0 Å². The third kappa shape index (κ3) is 4.16. The molecule has 0 unspecified atom stereocenters. The van der Waals surface area contributed by atoms with E-state index in [0.29, 0.717) is 10.8 Å². The van der Waals surface area contributed by atoms with Crippen LogP contribution in [0.3, 0.4) is 0 Å². The first kappa shape index (κ1) is 10.4. The SMILES string of the molecule is NS(=O)(=O)CCc1ncc(Cl)cn1. The van der Waals surface area contributed by atoms with E-state index in [1.807, 2.05) is 0 Å². The largest absolute Gasteiger partial charge is 0.240 e. The highest BCUT2D eigenvalue weighted by Crippen LogP contribution is 2.03. The molecule has 0 amide bonds. The minimum Gasteiger partial charge on any atom is -0.240 e. The summed E-state index contributed by atoms with van der Waals surface area (Å²) in [7, 11) is -3.45. The van der Waals surface area contributed by atoms with E-state index >= 15 is 0 Å². The fraction of sp³-hybridized carbons (Fsp3) is 0.333. The molecule has 0 aliphatic rings. The molecular weight excluding hydrogens is 214 g/mol. The lowest BCUT2D eigenvalue weighted by Gasteiger charge is -1.97. The van der Waals surface area contributed by atoms with E-state index in [9.17, 15) is 8.42 Å². The van der Waals surface area contributed by atoms with E-state index in [1.54, 1.807) is 0 Å². The van der Waals surface area contributed by atoms with E-state index in [0.717, 1.165) is 0 Å². The van der Waals surface area contributed by atoms with Crippen LogP contribution in [-0.2, 0) is 16.4 Å². The molecule has 0 bridgehead atoms. The van der Waals surface area contributed by atoms with E-state index < -0.39 is 10.0 Å². The van der Waals surface area contributed by atoms with Crippen molar-refractivity contribution in [2.24, 2.45) is 5.14 Å². The average molecular weight is 222 g/mol. The molecule has 0 atom stereocenters. The average Bonchev–Trinajstić information content (AvgIpc) is 2.02. The lowest BCUT2D eigenvalue weighted by Crippen LogP contribution is -2.18. The molecule has 0 radical (unpaired) electrons. The first-order valence-electron chi connectivity index (χ1n) is 3.44. The minimum atomic E-state index is -3.45. The summed E-state index contributed by atoms with van der Waals surface area (Å²) < 4.78 is 21.1. The van der Waals surface area contributed by atoms with Crippen LogP contribution in [0.4, 0.5) is 0 Å². The van der Waals surface area contributed by atoms with Crippen molar-refractivity contribution in [3.8, 4) is 0 Å². The van der Waals surface area contributed by atoms with Crippen LogP contribution in [0.2, 0.25) is 5.02 Å². The highest BCUT2D eigenvalue weighted by Gasteiger charge is 2.04. The number of hydrogen-bond donors (Lipinski definition) is 1. The van der Waals surface area contributed by atoms with Crippen LogP contribution in [-0.4, -0.2) is 24.1 Å². The Morgan fingerprint density at radius 1 is 1.38 bits per heavy atom. The van der Waals surface area contributed by atoms with Gasteiger partial charge in [0.05, 0.1) is 10.8 Å². The molecular formula is C6H8ClN3O2S. The van der Waals surface area contributed by atoms with Crippen LogP contribution in [0.25, 0.3) is 0 Å². The topological polar surface area (TPSA) is 85.9 Å². The highest BCUT2D eigenvalue weighted by atomic mass is 35.5. The van der Waals surface area contributed by atoms with Gasteiger partial charge in [0.2, 0.25) is 10.0 Å². The van der Waals surface area contributed by atoms with Gasteiger partial charge in [-0.05, 0) is 0 Å². The lowest BCUT2D eigenvalue weighted by molar-refractivity contribution is 0.596. The number of hydrogen-bond acceptors (Lipinski definition) is 4. The molecule has 0 spiro atoms. The number of nitrogens with zero attached hydrogens (tertiary/aromatic N) is 2. The Balaban J connectivity index is 2.61. The molecule has 1 aromatic heterocycles. The molecule has 2 N–H and O–H groups in total. The highest BCUT2D eigenvalue weighted by molar-refractivity contribution is 7.89. The quantitative estimate of drug-likeness (QED) is 0.776. The van der Waals surface area contributed by atoms with Crippen LogP contribution in [0, 0.1) is 0 Å². The molecule has 5 nitrogen and oxygen atoms in total. The lowest BCUT2D eigenvalue weighted by atomic mass is 10.4. The molecule has 0 saturated heterocycles. The van der Waals surface area contributed by atoms with Gasteiger partial charge in [-0.3, -0.25) is 0 Å². The van der Waals surface area contributed by atoms with Crippen molar-refractivity contribution in [2.45, 2.75) is 6.42 Å². The normalized spacial score (nSPS) is 11.5. The monoisotopic (exact) mass is 221 g/mol. The van der Waals surface area contributed by atoms with Crippen LogP contribution < -0.4 is 5.14 Å². The molecule has 0 aliphatic heterocycles. The summed E-state index contributed by atoms with van der Waals surface area (Å²) in [6, 6.07) is 0. The maximum absolute atomic E-state index is 10.6. The zero-order valence-electron chi connectivity index (χ0n) is 6.64. The number of nitrogens with two attached hydrogens (primary N) is 1. The van der Waals surface area contributed by atoms with Crippen LogP contribution >= 0.6 is 11.6 Å². The Hall–Kier alpha value is -0.720. The van der Waals surface area contributed by atoms with Crippen LogP contribution in [0.15, 0.2) is 12.4 Å². The zero-order valence-corrected chi connectivity index (χ0v) is 8.22. The van der Waals surface area contributed by atoms with Gasteiger partial charge in [0.25, 0.3) is 0 Å². The smallest absolute Gasteiger partial charge is 0.209 e. The second-order valence-corrected chi connectivity index (χ2v) is 4.60. The van der Waals surface area contributed by atoms with Gasteiger partial charge in [0.15, 0.2) is 0 Å². The van der Waals surface area contributed by atoms with E-state index in [1.165, 1.54) is 12.4 Å². The Kier molecular flexibility index (Phi) is 3.18. The summed E-state index contributed by atoms with van der Waals surface area (Å²) in [4.78, 5) is 7.64. The summed E-state index contributed by atoms with van der Waals surface area (Å²) in [5, 5.41) is 5.22. The van der Waals surface area contributed by atoms with E-state index in [4.69, 9.17) is 16.7 Å². The number of aryl methyl sites for hydroxylation is 1. The van der Waals surface area contributed by atoms with E-state index in [-0.39, 0.29) is 12.2 Å². The molecule has 0 aliphatic carbocycles. The predicted molar refractivity (Wildman–Crippen MR) is 48.7 cm³/mol. The van der Waals surface area contributed by atoms with Gasteiger partial charge >= 0.3 is 0 Å². The third-order valence-corrected chi connectivity index (χ3v) is 2.25. The summed E-state index contributed by atoms with van der Waals surface area (Å²) in [6.07, 6.45) is 3.02. The molecule has 7 heteroatoms. The van der Waals surface area contributed by atoms with Crippen molar-refractivity contribution in [1.82, 2.24) is 9.97 Å². The number of halogens is 1. The number of primary sulfonamides is 1. The minimum absolute atomic E-state index is 0.158. The first-order valence-corrected chi connectivity index (χ1v) is 5.53. The van der Waals surface area contributed by atoms with Crippen LogP contribution in [0.1, 0.15) is 5.82 Å². The molecule has 0 fully saturated rings. The summed E-state index contributed by atoms with van der Waals surface area (Å²) >= 11 is 5.53. The Morgan fingerprint density at radius 3 is 2.38 bits per heavy atom. The third-order valence-electron chi connectivity index (χ3n) is 1.28. The van der Waals surface area contributed by atoms with Crippen molar-refractivity contribution >= 4 is 21.6 Å². The number of sulfonamides is 1. The van der Waals surface area contributed by atoms with Crippen molar-refractivity contribution in [3.63, 3.8) is 0 Å². The standard InChI is InChI=1S/C6H8ClN3O2S/c7-5-3-9-6(10-4-5)1-2-13(8,11)12/h3-4H,1-2H2,(H2,8,11,12). The second kappa shape index (κ2) is 3.99.